The minimum atomic E-state index is -0.800. The van der Waals surface area contributed by atoms with Gasteiger partial charge in [0.05, 0.1) is 0 Å². The SMILES string of the molecule is C=CCCC(=C)C(=O)OOOC(=O)C(=C)CCC=C. The van der Waals surface area contributed by atoms with Crippen LogP contribution >= 0.6 is 0 Å². The lowest BCUT2D eigenvalue weighted by Gasteiger charge is -2.04. The summed E-state index contributed by atoms with van der Waals surface area (Å²) in [4.78, 5) is 31.0. The second-order valence-electron chi connectivity index (χ2n) is 3.67. The molecule has 0 fully saturated rings. The molecule has 0 aliphatic carbocycles. The summed E-state index contributed by atoms with van der Waals surface area (Å²) < 4.78 is 0. The van der Waals surface area contributed by atoms with E-state index in [-0.39, 0.29) is 11.1 Å². The first-order valence-electron chi connectivity index (χ1n) is 5.70. The molecule has 0 aliphatic rings. The molecule has 5 heteroatoms. The molecule has 0 bridgehead atoms. The largest absolute Gasteiger partial charge is 0.372 e. The minimum absolute atomic E-state index is 0.196. The molecule has 0 heterocycles. The molecule has 0 unspecified atom stereocenters. The summed E-state index contributed by atoms with van der Waals surface area (Å²) in [5, 5.41) is 4.09. The number of hydrogen-bond acceptors (Lipinski definition) is 5. The van der Waals surface area contributed by atoms with E-state index < -0.39 is 11.9 Å². The van der Waals surface area contributed by atoms with Gasteiger partial charge in [0.2, 0.25) is 0 Å². The highest BCUT2D eigenvalue weighted by Gasteiger charge is 2.13. The molecule has 0 radical (unpaired) electrons. The van der Waals surface area contributed by atoms with Crippen LogP contribution < -0.4 is 0 Å². The van der Waals surface area contributed by atoms with Crippen molar-refractivity contribution in [3.8, 4) is 0 Å². The highest BCUT2D eigenvalue weighted by molar-refractivity contribution is 5.88. The maximum absolute atomic E-state index is 11.3. The van der Waals surface area contributed by atoms with Gasteiger partial charge in [-0.3, -0.25) is 9.78 Å². The van der Waals surface area contributed by atoms with Crippen molar-refractivity contribution in [2.75, 3.05) is 0 Å². The van der Waals surface area contributed by atoms with Gasteiger partial charge in [0.25, 0.3) is 0 Å². The van der Waals surface area contributed by atoms with Crippen LogP contribution in [-0.2, 0) is 24.4 Å². The zero-order valence-electron chi connectivity index (χ0n) is 10.9. The van der Waals surface area contributed by atoms with Crippen molar-refractivity contribution >= 4 is 11.9 Å². The van der Waals surface area contributed by atoms with Gasteiger partial charge in [-0.05, 0) is 25.7 Å². The van der Waals surface area contributed by atoms with Crippen molar-refractivity contribution in [1.29, 1.82) is 0 Å². The molecule has 0 aromatic carbocycles. The summed E-state index contributed by atoms with van der Waals surface area (Å²) in [6, 6.07) is 0. The second kappa shape index (κ2) is 9.85. The number of carbonyl (C=O) groups excluding carboxylic acids is 2. The van der Waals surface area contributed by atoms with E-state index in [9.17, 15) is 9.59 Å². The molecule has 19 heavy (non-hydrogen) atoms. The first-order valence-corrected chi connectivity index (χ1v) is 5.70. The highest BCUT2D eigenvalue weighted by Crippen LogP contribution is 2.08. The molecule has 104 valence electrons. The lowest BCUT2D eigenvalue weighted by molar-refractivity contribution is -0.456. The number of hydrogen-bond donors (Lipinski definition) is 0. The van der Waals surface area contributed by atoms with Crippen LogP contribution in [0.5, 0.6) is 0 Å². The van der Waals surface area contributed by atoms with Crippen LogP contribution in [0.25, 0.3) is 0 Å². The smallest absolute Gasteiger partial charge is 0.254 e. The maximum Gasteiger partial charge on any atom is 0.372 e. The molecule has 0 saturated heterocycles. The summed E-state index contributed by atoms with van der Waals surface area (Å²) >= 11 is 0. The third-order valence-electron chi connectivity index (χ3n) is 2.10. The average Bonchev–Trinajstić information content (AvgIpc) is 2.41. The molecule has 0 aliphatic heterocycles. The average molecular weight is 266 g/mol. The summed E-state index contributed by atoms with van der Waals surface area (Å²) in [6.07, 6.45) is 5.25. The predicted molar refractivity (Wildman–Crippen MR) is 70.4 cm³/mol. The molecule has 0 spiro atoms. The Balaban J connectivity index is 3.89. The van der Waals surface area contributed by atoms with Crippen LogP contribution in [0, 0.1) is 0 Å². The normalized spacial score (nSPS) is 9.26. The standard InChI is InChI=1S/C14H18O5/c1-5-7-9-11(3)13(15)17-19-18-14(16)12(4)10-8-6-2/h5-6H,1-4,7-10H2. The zero-order chi connectivity index (χ0) is 14.7. The highest BCUT2D eigenvalue weighted by atomic mass is 17.5. The Morgan fingerprint density at radius 2 is 1.21 bits per heavy atom. The first-order chi connectivity index (χ1) is 9.02. The van der Waals surface area contributed by atoms with E-state index in [1.54, 1.807) is 12.2 Å². The predicted octanol–water partition coefficient (Wildman–Crippen LogP) is 2.96. The third-order valence-corrected chi connectivity index (χ3v) is 2.10. The van der Waals surface area contributed by atoms with Gasteiger partial charge in [-0.2, -0.15) is 0 Å². The van der Waals surface area contributed by atoms with Crippen LogP contribution in [0.4, 0.5) is 0 Å². The number of rotatable bonds is 10. The Hall–Kier alpha value is -2.14. The van der Waals surface area contributed by atoms with Gasteiger partial charge in [-0.15, -0.1) is 13.2 Å². The van der Waals surface area contributed by atoms with Crippen molar-refractivity contribution in [2.24, 2.45) is 0 Å². The fourth-order valence-electron chi connectivity index (χ4n) is 0.953. The minimum Gasteiger partial charge on any atom is -0.254 e. The fourth-order valence-corrected chi connectivity index (χ4v) is 0.953. The molecular formula is C14H18O5. The van der Waals surface area contributed by atoms with Gasteiger partial charge in [0.15, 0.2) is 0 Å². The Kier molecular flexibility index (Phi) is 8.74. The first kappa shape index (κ1) is 16.9. The van der Waals surface area contributed by atoms with E-state index in [0.717, 1.165) is 0 Å². The monoisotopic (exact) mass is 266 g/mol. The quantitative estimate of drug-likeness (QED) is 0.263. The van der Waals surface area contributed by atoms with E-state index in [0.29, 0.717) is 25.7 Å². The van der Waals surface area contributed by atoms with E-state index in [2.05, 4.69) is 41.1 Å². The van der Waals surface area contributed by atoms with E-state index in [1.807, 2.05) is 0 Å². The molecule has 0 N–H and O–H groups in total. The second-order valence-corrected chi connectivity index (χ2v) is 3.67. The number of allylic oxidation sites excluding steroid dienone is 2. The maximum atomic E-state index is 11.3. The third kappa shape index (κ3) is 7.72. The molecule has 5 nitrogen and oxygen atoms in total. The van der Waals surface area contributed by atoms with Crippen LogP contribution in [0.1, 0.15) is 25.7 Å². The van der Waals surface area contributed by atoms with Crippen LogP contribution in [0.3, 0.4) is 0 Å². The van der Waals surface area contributed by atoms with Gasteiger partial charge < -0.3 is 0 Å². The van der Waals surface area contributed by atoms with Crippen molar-refractivity contribution in [3.05, 3.63) is 49.6 Å². The van der Waals surface area contributed by atoms with Gasteiger partial charge in [0, 0.05) is 16.2 Å². The van der Waals surface area contributed by atoms with Crippen molar-refractivity contribution < 1.29 is 24.4 Å². The molecule has 0 rings (SSSR count). The molecule has 0 atom stereocenters. The van der Waals surface area contributed by atoms with E-state index in [1.165, 1.54) is 0 Å². The van der Waals surface area contributed by atoms with Crippen LogP contribution in [-0.4, -0.2) is 11.9 Å². The lowest BCUT2D eigenvalue weighted by atomic mass is 10.2. The zero-order valence-corrected chi connectivity index (χ0v) is 10.9. The fraction of sp³-hybridized carbons (Fsp3) is 0.286. The van der Waals surface area contributed by atoms with Crippen LogP contribution in [0.15, 0.2) is 49.6 Å². The van der Waals surface area contributed by atoms with Crippen molar-refractivity contribution in [2.45, 2.75) is 25.7 Å². The Morgan fingerprint density at radius 3 is 1.53 bits per heavy atom. The molecule has 0 amide bonds. The molecule has 0 aromatic rings. The lowest BCUT2D eigenvalue weighted by Crippen LogP contribution is -2.13. The molecule has 0 saturated carbocycles. The summed E-state index contributed by atoms with van der Waals surface area (Å²) in [7, 11) is 0. The van der Waals surface area contributed by atoms with Crippen molar-refractivity contribution in [1.82, 2.24) is 0 Å². The van der Waals surface area contributed by atoms with Gasteiger partial charge in [-0.1, -0.05) is 25.3 Å². The van der Waals surface area contributed by atoms with Gasteiger partial charge in [-0.25, -0.2) is 9.59 Å². The Labute approximate surface area is 112 Å². The van der Waals surface area contributed by atoms with Gasteiger partial charge in [0.1, 0.15) is 0 Å². The Bertz CT molecular complexity index is 345. The summed E-state index contributed by atoms with van der Waals surface area (Å²) in [5.74, 6) is -1.60. The van der Waals surface area contributed by atoms with Crippen molar-refractivity contribution in [3.63, 3.8) is 0 Å². The molecular weight excluding hydrogens is 248 g/mol. The van der Waals surface area contributed by atoms with E-state index >= 15 is 0 Å². The van der Waals surface area contributed by atoms with Crippen LogP contribution in [0.2, 0.25) is 0 Å². The topological polar surface area (TPSA) is 61.8 Å². The molecule has 0 aromatic heterocycles. The number of carbonyl (C=O) groups is 2. The summed E-state index contributed by atoms with van der Waals surface area (Å²) in [5.41, 5.74) is 0.392. The Morgan fingerprint density at radius 1 is 0.842 bits per heavy atom. The van der Waals surface area contributed by atoms with E-state index in [4.69, 9.17) is 0 Å². The summed E-state index contributed by atoms with van der Waals surface area (Å²) in [6.45, 7) is 14.0. The van der Waals surface area contributed by atoms with Gasteiger partial charge >= 0.3 is 11.9 Å².